The zero-order chi connectivity index (χ0) is 26.0. The maximum absolute atomic E-state index is 12.6. The number of fused-ring (bicyclic) bond motifs is 2. The number of pyridine rings is 2. The Morgan fingerprint density at radius 2 is 1.28 bits per heavy atom. The van der Waals surface area contributed by atoms with Gasteiger partial charge in [-0.25, -0.2) is 19.2 Å². The van der Waals surface area contributed by atoms with Crippen LogP contribution in [-0.4, -0.2) is 60.1 Å². The minimum absolute atomic E-state index is 0.0619. The van der Waals surface area contributed by atoms with Gasteiger partial charge in [-0.3, -0.25) is 0 Å². The molecule has 0 saturated heterocycles. The lowest BCUT2D eigenvalue weighted by Crippen LogP contribution is -2.13. The number of nitrogens with zero attached hydrogens (tertiary/aromatic N) is 2. The van der Waals surface area contributed by atoms with Crippen LogP contribution in [0.25, 0.3) is 22.2 Å². The van der Waals surface area contributed by atoms with Gasteiger partial charge in [0.25, 0.3) is 0 Å². The number of ether oxygens (including phenoxy) is 4. The largest absolute Gasteiger partial charge is 0.464 e. The molecular weight excluding hydrogens is 468 g/mol. The minimum atomic E-state index is -0.671. The maximum Gasteiger partial charge on any atom is 0.355 e. The summed E-state index contributed by atoms with van der Waals surface area (Å²) in [5.74, 6) is -2.46. The molecule has 186 valence electrons. The Morgan fingerprint density at radius 1 is 0.694 bits per heavy atom. The molecule has 0 aromatic carbocycles. The normalized spacial score (nSPS) is 10.9. The van der Waals surface area contributed by atoms with Crippen LogP contribution in [-0.2, 0) is 18.9 Å². The van der Waals surface area contributed by atoms with Crippen molar-refractivity contribution in [1.82, 2.24) is 8.80 Å². The van der Waals surface area contributed by atoms with E-state index in [0.717, 1.165) is 11.1 Å². The average molecular weight is 492 g/mol. The Hall–Kier alpha value is -4.60. The molecule has 0 fully saturated rings. The molecule has 4 heterocycles. The van der Waals surface area contributed by atoms with Crippen LogP contribution in [0, 0.1) is 0 Å². The fraction of sp³-hybridized carbons (Fsp3) is 0.231. The summed E-state index contributed by atoms with van der Waals surface area (Å²) in [4.78, 5) is 49.7. The lowest BCUT2D eigenvalue weighted by Gasteiger charge is -2.08. The van der Waals surface area contributed by atoms with Gasteiger partial charge in [-0.15, -0.1) is 0 Å². The highest BCUT2D eigenvalue weighted by Crippen LogP contribution is 2.29. The number of hydrogen-bond acceptors (Lipinski definition) is 8. The van der Waals surface area contributed by atoms with Crippen molar-refractivity contribution in [3.8, 4) is 11.1 Å². The predicted octanol–water partition coefficient (Wildman–Crippen LogP) is 3.79. The summed E-state index contributed by atoms with van der Waals surface area (Å²) < 4.78 is 23.1. The van der Waals surface area contributed by atoms with Gasteiger partial charge in [0.1, 0.15) is 11.4 Å². The van der Waals surface area contributed by atoms with E-state index in [2.05, 4.69) is 0 Å². The Labute approximate surface area is 205 Å². The first kappa shape index (κ1) is 24.5. The van der Waals surface area contributed by atoms with E-state index in [0.29, 0.717) is 11.0 Å². The summed E-state index contributed by atoms with van der Waals surface area (Å²) in [5, 5.41) is 0. The molecule has 0 amide bonds. The first-order valence-corrected chi connectivity index (χ1v) is 11.2. The van der Waals surface area contributed by atoms with Crippen molar-refractivity contribution in [2.24, 2.45) is 0 Å². The summed E-state index contributed by atoms with van der Waals surface area (Å²) in [7, 11) is 2.50. The van der Waals surface area contributed by atoms with E-state index >= 15 is 0 Å². The second-order valence-electron chi connectivity index (χ2n) is 7.65. The molecule has 0 saturated carbocycles. The molecule has 10 nitrogen and oxygen atoms in total. The van der Waals surface area contributed by atoms with E-state index in [1.54, 1.807) is 65.4 Å². The van der Waals surface area contributed by atoms with Crippen molar-refractivity contribution in [3.05, 3.63) is 71.3 Å². The van der Waals surface area contributed by atoms with Crippen LogP contribution in [0.5, 0.6) is 0 Å². The van der Waals surface area contributed by atoms with Crippen molar-refractivity contribution in [2.45, 2.75) is 13.8 Å². The van der Waals surface area contributed by atoms with Gasteiger partial charge in [-0.05, 0) is 61.4 Å². The van der Waals surface area contributed by atoms with Crippen LogP contribution in [0.2, 0.25) is 0 Å². The van der Waals surface area contributed by atoms with Gasteiger partial charge in [0.05, 0.1) is 44.1 Å². The van der Waals surface area contributed by atoms with Crippen molar-refractivity contribution in [1.29, 1.82) is 0 Å². The number of hydrogen-bond donors (Lipinski definition) is 0. The third-order valence-electron chi connectivity index (χ3n) is 5.64. The highest BCUT2D eigenvalue weighted by Gasteiger charge is 2.25. The monoisotopic (exact) mass is 492 g/mol. The van der Waals surface area contributed by atoms with Gasteiger partial charge in [0, 0.05) is 17.9 Å². The smallest absolute Gasteiger partial charge is 0.355 e. The molecule has 0 unspecified atom stereocenters. The molecule has 0 radical (unpaired) electrons. The minimum Gasteiger partial charge on any atom is -0.464 e. The Balaban J connectivity index is 1.87. The second kappa shape index (κ2) is 9.95. The number of esters is 4. The molecular formula is C26H24N2O8. The van der Waals surface area contributed by atoms with E-state index in [9.17, 15) is 19.2 Å². The van der Waals surface area contributed by atoms with E-state index < -0.39 is 23.9 Å². The molecule has 36 heavy (non-hydrogen) atoms. The van der Waals surface area contributed by atoms with Crippen molar-refractivity contribution < 1.29 is 38.1 Å². The van der Waals surface area contributed by atoms with E-state index in [4.69, 9.17) is 18.9 Å². The molecule has 4 aromatic heterocycles. The molecule has 0 N–H and O–H groups in total. The maximum atomic E-state index is 12.6. The number of carbonyl (C=O) groups is 4. The van der Waals surface area contributed by atoms with Gasteiger partial charge < -0.3 is 27.7 Å². The van der Waals surface area contributed by atoms with E-state index in [-0.39, 0.29) is 35.7 Å². The van der Waals surface area contributed by atoms with Crippen LogP contribution in [0.4, 0.5) is 0 Å². The summed E-state index contributed by atoms with van der Waals surface area (Å²) in [6.45, 7) is 3.71. The van der Waals surface area contributed by atoms with Gasteiger partial charge >= 0.3 is 23.9 Å². The van der Waals surface area contributed by atoms with Gasteiger partial charge in [0.2, 0.25) is 0 Å². The first-order valence-electron chi connectivity index (χ1n) is 11.2. The van der Waals surface area contributed by atoms with Crippen molar-refractivity contribution >= 4 is 34.9 Å². The van der Waals surface area contributed by atoms with E-state index in [1.165, 1.54) is 20.3 Å². The lowest BCUT2D eigenvalue weighted by molar-refractivity contribution is 0.0501. The predicted molar refractivity (Wildman–Crippen MR) is 128 cm³/mol. The molecule has 4 aromatic rings. The van der Waals surface area contributed by atoms with Crippen LogP contribution in [0.15, 0.2) is 48.8 Å². The van der Waals surface area contributed by atoms with Gasteiger partial charge in [0.15, 0.2) is 0 Å². The van der Waals surface area contributed by atoms with Crippen LogP contribution in [0.1, 0.15) is 55.5 Å². The highest BCUT2D eigenvalue weighted by molar-refractivity contribution is 6.05. The molecule has 0 atom stereocenters. The molecule has 10 heteroatoms. The number of carbonyl (C=O) groups excluding carboxylic acids is 4. The standard InChI is InChI=1S/C26H24N2O8/c1-5-35-23(29)18-14-21(25(31)33-3)28-10-8-16(12-20(18)28)15-7-9-27-17(11-15)13-19(24(30)36-6-2)22(27)26(32)34-4/h7-14H,5-6H2,1-4H3. The molecule has 0 aliphatic rings. The summed E-state index contributed by atoms with van der Waals surface area (Å²) in [6, 6.07) is 10.1. The summed E-state index contributed by atoms with van der Waals surface area (Å²) in [6.07, 6.45) is 3.31. The molecule has 4 rings (SSSR count). The molecule has 0 spiro atoms. The Kier molecular flexibility index (Phi) is 6.77. The quantitative estimate of drug-likeness (QED) is 0.283. The summed E-state index contributed by atoms with van der Waals surface area (Å²) in [5.41, 5.74) is 3.05. The number of methoxy groups -OCH3 is 2. The number of aromatic nitrogens is 2. The van der Waals surface area contributed by atoms with Crippen LogP contribution < -0.4 is 0 Å². The number of rotatable bonds is 7. The average Bonchev–Trinajstić information content (AvgIpc) is 3.46. The lowest BCUT2D eigenvalue weighted by atomic mass is 10.1. The molecule has 0 bridgehead atoms. The van der Waals surface area contributed by atoms with Crippen LogP contribution in [0.3, 0.4) is 0 Å². The molecule has 0 aliphatic heterocycles. The fourth-order valence-electron chi connectivity index (χ4n) is 4.04. The van der Waals surface area contributed by atoms with Crippen LogP contribution >= 0.6 is 0 Å². The van der Waals surface area contributed by atoms with Crippen molar-refractivity contribution in [2.75, 3.05) is 27.4 Å². The Bertz CT molecular complexity index is 1510. The summed E-state index contributed by atoms with van der Waals surface area (Å²) >= 11 is 0. The fourth-order valence-corrected chi connectivity index (χ4v) is 4.04. The zero-order valence-electron chi connectivity index (χ0n) is 20.2. The third-order valence-corrected chi connectivity index (χ3v) is 5.64. The third kappa shape index (κ3) is 4.17. The Morgan fingerprint density at radius 3 is 1.89 bits per heavy atom. The van der Waals surface area contributed by atoms with E-state index in [1.807, 2.05) is 0 Å². The topological polar surface area (TPSA) is 114 Å². The first-order chi connectivity index (χ1) is 17.3. The van der Waals surface area contributed by atoms with Crippen molar-refractivity contribution in [3.63, 3.8) is 0 Å². The highest BCUT2D eigenvalue weighted by atomic mass is 16.5. The van der Waals surface area contributed by atoms with Gasteiger partial charge in [-0.2, -0.15) is 0 Å². The van der Waals surface area contributed by atoms with Gasteiger partial charge in [-0.1, -0.05) is 0 Å². The zero-order valence-corrected chi connectivity index (χ0v) is 20.2. The molecule has 0 aliphatic carbocycles. The second-order valence-corrected chi connectivity index (χ2v) is 7.65. The SMILES string of the molecule is CCOC(=O)c1cc2cc(-c3ccn4c(C(=O)OC)cc(C(=O)OCC)c4c3)ccn2c1C(=O)OC.